The summed E-state index contributed by atoms with van der Waals surface area (Å²) in [6.07, 6.45) is -5.31. The molecule has 0 aliphatic rings. The van der Waals surface area contributed by atoms with Crippen LogP contribution in [0, 0.1) is 6.08 Å². The molecule has 6 heteroatoms. The number of alkyl halides is 3. The number of benzene rings is 1. The van der Waals surface area contributed by atoms with Crippen molar-refractivity contribution in [1.82, 2.24) is 9.97 Å². The van der Waals surface area contributed by atoms with Crippen LogP contribution >= 0.6 is 0 Å². The summed E-state index contributed by atoms with van der Waals surface area (Å²) in [5, 5.41) is 0. The van der Waals surface area contributed by atoms with Crippen molar-refractivity contribution in [3.05, 3.63) is 29.8 Å². The van der Waals surface area contributed by atoms with Crippen molar-refractivity contribution in [3.8, 4) is 0 Å². The van der Waals surface area contributed by atoms with Crippen molar-refractivity contribution >= 4 is 11.0 Å². The summed E-state index contributed by atoms with van der Waals surface area (Å²) < 4.78 is 49.1. The third kappa shape index (κ3) is 1.43. The van der Waals surface area contributed by atoms with E-state index >= 15 is 0 Å². The average Bonchev–Trinajstić information content (AvgIpc) is 2.41. The Balaban J connectivity index is 2.62. The van der Waals surface area contributed by atoms with Gasteiger partial charge in [0.1, 0.15) is 0 Å². The number of rotatable bonds is 0. The van der Waals surface area contributed by atoms with Gasteiger partial charge in [-0.2, -0.15) is 17.6 Å². The molecular formula is C8H4F4N2. The second kappa shape index (κ2) is 2.70. The summed E-state index contributed by atoms with van der Waals surface area (Å²) in [7, 11) is 0. The molecule has 0 bridgehead atoms. The molecule has 0 atom stereocenters. The Morgan fingerprint density at radius 2 is 1.93 bits per heavy atom. The van der Waals surface area contributed by atoms with E-state index in [0.717, 1.165) is 18.2 Å². The predicted octanol–water partition coefficient (Wildman–Crippen LogP) is 2.72. The van der Waals surface area contributed by atoms with Crippen LogP contribution in [0.4, 0.5) is 17.6 Å². The lowest BCUT2D eigenvalue weighted by atomic mass is 10.2. The Labute approximate surface area is 75.6 Å². The smallest absolute Gasteiger partial charge is 0.314 e. The molecule has 14 heavy (non-hydrogen) atoms. The summed E-state index contributed by atoms with van der Waals surface area (Å²) in [5.41, 5.74) is -0.610. The van der Waals surface area contributed by atoms with Gasteiger partial charge in [0.2, 0.25) is 0 Å². The van der Waals surface area contributed by atoms with Crippen molar-refractivity contribution in [1.29, 1.82) is 0 Å². The van der Waals surface area contributed by atoms with Crippen LogP contribution in [0.3, 0.4) is 0 Å². The van der Waals surface area contributed by atoms with Crippen LogP contribution in [-0.4, -0.2) is 9.97 Å². The maximum absolute atomic E-state index is 12.5. The minimum atomic E-state index is -4.42. The largest absolute Gasteiger partial charge is 0.416 e. The first kappa shape index (κ1) is 8.98. The Morgan fingerprint density at radius 3 is 2.57 bits per heavy atom. The first-order valence-corrected chi connectivity index (χ1v) is 3.69. The molecule has 1 heterocycles. The zero-order chi connectivity index (χ0) is 10.3. The third-order valence-electron chi connectivity index (χ3n) is 1.78. The number of aromatic amines is 1. The third-order valence-corrected chi connectivity index (χ3v) is 1.78. The molecule has 2 rings (SSSR count). The number of halogens is 4. The number of fused-ring (bicyclic) bond motifs is 1. The highest BCUT2D eigenvalue weighted by Gasteiger charge is 2.30. The highest BCUT2D eigenvalue weighted by atomic mass is 19.4. The van der Waals surface area contributed by atoms with E-state index in [1.165, 1.54) is 0 Å². The van der Waals surface area contributed by atoms with Gasteiger partial charge >= 0.3 is 6.18 Å². The van der Waals surface area contributed by atoms with Gasteiger partial charge in [0.15, 0.2) is 0 Å². The normalized spacial score (nSPS) is 12.3. The van der Waals surface area contributed by atoms with Crippen molar-refractivity contribution in [3.63, 3.8) is 0 Å². The summed E-state index contributed by atoms with van der Waals surface area (Å²) in [4.78, 5) is 5.44. The number of hydrogen-bond acceptors (Lipinski definition) is 1. The number of hydrogen-bond donors (Lipinski definition) is 1. The highest BCUT2D eigenvalue weighted by molar-refractivity contribution is 5.75. The minimum Gasteiger partial charge on any atom is -0.314 e. The number of nitrogens with one attached hydrogen (secondary N) is 1. The molecule has 1 N–H and O–H groups in total. The minimum absolute atomic E-state index is 0.0392. The van der Waals surface area contributed by atoms with Gasteiger partial charge in [0.05, 0.1) is 16.6 Å². The topological polar surface area (TPSA) is 28.7 Å². The summed E-state index contributed by atoms with van der Waals surface area (Å²) in [6, 6.07) is 2.81. The van der Waals surface area contributed by atoms with Gasteiger partial charge < -0.3 is 4.98 Å². The quantitative estimate of drug-likeness (QED) is 0.656. The average molecular weight is 204 g/mol. The van der Waals surface area contributed by atoms with E-state index in [-0.39, 0.29) is 11.0 Å². The van der Waals surface area contributed by atoms with Gasteiger partial charge in [-0.15, -0.1) is 0 Å². The molecule has 0 amide bonds. The molecule has 0 saturated carbocycles. The van der Waals surface area contributed by atoms with Crippen molar-refractivity contribution in [2.45, 2.75) is 6.18 Å². The first-order valence-electron chi connectivity index (χ1n) is 3.69. The SMILES string of the molecule is Fc1nc2ccc(C(F)(F)F)cc2[nH]1. The molecule has 74 valence electrons. The number of H-pyrrole nitrogens is 1. The fourth-order valence-electron chi connectivity index (χ4n) is 1.15. The molecule has 0 spiro atoms. The van der Waals surface area contributed by atoms with Gasteiger partial charge in [-0.1, -0.05) is 0 Å². The van der Waals surface area contributed by atoms with Gasteiger partial charge in [0.25, 0.3) is 6.08 Å². The zero-order valence-corrected chi connectivity index (χ0v) is 6.69. The molecule has 2 aromatic rings. The standard InChI is InChI=1S/C8H4F4N2/c9-7-13-5-2-1-4(8(10,11)12)3-6(5)14-7/h1-3H,(H,13,14). The van der Waals surface area contributed by atoms with E-state index in [1.54, 1.807) is 0 Å². The molecule has 0 aliphatic carbocycles. The lowest BCUT2D eigenvalue weighted by Crippen LogP contribution is -2.04. The second-order valence-electron chi connectivity index (χ2n) is 2.76. The molecule has 1 aromatic carbocycles. The van der Waals surface area contributed by atoms with Crippen LogP contribution in [0.5, 0.6) is 0 Å². The van der Waals surface area contributed by atoms with Crippen LogP contribution in [-0.2, 0) is 6.18 Å². The summed E-state index contributed by atoms with van der Waals surface area (Å²) >= 11 is 0. The maximum atomic E-state index is 12.5. The second-order valence-corrected chi connectivity index (χ2v) is 2.76. The molecular weight excluding hydrogens is 200 g/mol. The fraction of sp³-hybridized carbons (Fsp3) is 0.125. The van der Waals surface area contributed by atoms with E-state index in [0.29, 0.717) is 0 Å². The van der Waals surface area contributed by atoms with E-state index in [1.807, 2.05) is 0 Å². The maximum Gasteiger partial charge on any atom is 0.416 e. The number of aromatic nitrogens is 2. The highest BCUT2D eigenvalue weighted by Crippen LogP contribution is 2.30. The summed E-state index contributed by atoms with van der Waals surface area (Å²) in [6.45, 7) is 0. The fourth-order valence-corrected chi connectivity index (χ4v) is 1.15. The Hall–Kier alpha value is -1.59. The molecule has 0 unspecified atom stereocenters. The Kier molecular flexibility index (Phi) is 1.73. The van der Waals surface area contributed by atoms with E-state index in [2.05, 4.69) is 9.97 Å². The van der Waals surface area contributed by atoms with Crippen LogP contribution in [0.15, 0.2) is 18.2 Å². The lowest BCUT2D eigenvalue weighted by Gasteiger charge is -2.04. The number of imidazole rings is 1. The number of nitrogens with zero attached hydrogens (tertiary/aromatic N) is 1. The molecule has 0 saturated heterocycles. The predicted molar refractivity (Wildman–Crippen MR) is 41.1 cm³/mol. The molecule has 0 aliphatic heterocycles. The van der Waals surface area contributed by atoms with E-state index in [9.17, 15) is 17.6 Å². The molecule has 0 radical (unpaired) electrons. The Morgan fingerprint density at radius 1 is 1.21 bits per heavy atom. The van der Waals surface area contributed by atoms with Crippen molar-refractivity contribution in [2.75, 3.05) is 0 Å². The van der Waals surface area contributed by atoms with Gasteiger partial charge in [-0.05, 0) is 18.2 Å². The monoisotopic (exact) mass is 204 g/mol. The molecule has 2 nitrogen and oxygen atoms in total. The van der Waals surface area contributed by atoms with Crippen LogP contribution < -0.4 is 0 Å². The van der Waals surface area contributed by atoms with Crippen LogP contribution in [0.2, 0.25) is 0 Å². The van der Waals surface area contributed by atoms with E-state index in [4.69, 9.17) is 0 Å². The van der Waals surface area contributed by atoms with Crippen molar-refractivity contribution in [2.24, 2.45) is 0 Å². The van der Waals surface area contributed by atoms with Gasteiger partial charge in [-0.25, -0.2) is 4.98 Å². The van der Waals surface area contributed by atoms with Crippen molar-refractivity contribution < 1.29 is 17.6 Å². The van der Waals surface area contributed by atoms with E-state index < -0.39 is 17.8 Å². The lowest BCUT2D eigenvalue weighted by molar-refractivity contribution is -0.137. The Bertz CT molecular complexity index is 472. The molecule has 0 fully saturated rings. The zero-order valence-electron chi connectivity index (χ0n) is 6.69. The van der Waals surface area contributed by atoms with Crippen LogP contribution in [0.1, 0.15) is 5.56 Å². The summed E-state index contributed by atoms with van der Waals surface area (Å²) in [5.74, 6) is 0. The van der Waals surface area contributed by atoms with Gasteiger partial charge in [-0.3, -0.25) is 0 Å². The molecule has 1 aromatic heterocycles. The first-order chi connectivity index (χ1) is 6.47. The van der Waals surface area contributed by atoms with Crippen LogP contribution in [0.25, 0.3) is 11.0 Å². The van der Waals surface area contributed by atoms with Gasteiger partial charge in [0, 0.05) is 0 Å².